The van der Waals surface area contributed by atoms with Crippen molar-refractivity contribution in [3.05, 3.63) is 92.8 Å². The molecule has 3 aromatic rings. The van der Waals surface area contributed by atoms with E-state index >= 15 is 0 Å². The second kappa shape index (κ2) is 8.49. The van der Waals surface area contributed by atoms with Gasteiger partial charge < -0.3 is 14.5 Å². The number of nitro groups is 1. The van der Waals surface area contributed by atoms with Gasteiger partial charge in [0.1, 0.15) is 0 Å². The van der Waals surface area contributed by atoms with E-state index in [1.165, 1.54) is 36.6 Å². The first-order chi connectivity index (χ1) is 13.5. The lowest BCUT2D eigenvalue weighted by Crippen LogP contribution is -2.26. The molecule has 1 atom stereocenters. The van der Waals surface area contributed by atoms with Crippen LogP contribution >= 0.6 is 15.9 Å². The number of furan rings is 1. The van der Waals surface area contributed by atoms with Gasteiger partial charge in [-0.05, 0) is 34.1 Å². The number of benzene rings is 2. The summed E-state index contributed by atoms with van der Waals surface area (Å²) in [5, 5.41) is 13.5. The molecule has 142 valence electrons. The number of amides is 1. The van der Waals surface area contributed by atoms with Gasteiger partial charge in [-0.3, -0.25) is 14.9 Å². The number of halogens is 1. The van der Waals surface area contributed by atoms with Crippen molar-refractivity contribution in [2.75, 3.05) is 5.32 Å². The smallest absolute Gasteiger partial charge is 0.375 e. The van der Waals surface area contributed by atoms with E-state index in [1.54, 1.807) is 30.3 Å². The lowest BCUT2D eigenvalue weighted by molar-refractivity contribution is -0.384. The molecule has 2 aromatic carbocycles. The summed E-state index contributed by atoms with van der Waals surface area (Å²) in [7, 11) is 0. The van der Waals surface area contributed by atoms with Gasteiger partial charge in [0.15, 0.2) is 0 Å². The van der Waals surface area contributed by atoms with Crippen molar-refractivity contribution < 1.29 is 23.7 Å². The van der Waals surface area contributed by atoms with Crippen molar-refractivity contribution >= 4 is 39.2 Å². The van der Waals surface area contributed by atoms with Gasteiger partial charge in [0.2, 0.25) is 11.9 Å². The van der Waals surface area contributed by atoms with Gasteiger partial charge in [0, 0.05) is 22.2 Å². The highest BCUT2D eigenvalue weighted by Gasteiger charge is 2.27. The molecule has 28 heavy (non-hydrogen) atoms. The summed E-state index contributed by atoms with van der Waals surface area (Å²) in [5.74, 6) is -1.46. The molecule has 0 radical (unpaired) electrons. The number of nitrogens with one attached hydrogen (secondary N) is 1. The van der Waals surface area contributed by atoms with E-state index in [4.69, 9.17) is 9.15 Å². The third-order valence-electron chi connectivity index (χ3n) is 3.71. The number of nitrogens with zero attached hydrogens (tertiary/aromatic N) is 1. The van der Waals surface area contributed by atoms with Gasteiger partial charge in [0.25, 0.3) is 11.6 Å². The zero-order chi connectivity index (χ0) is 20.1. The van der Waals surface area contributed by atoms with Crippen molar-refractivity contribution in [3.63, 3.8) is 0 Å². The van der Waals surface area contributed by atoms with Gasteiger partial charge in [-0.25, -0.2) is 4.79 Å². The lowest BCUT2D eigenvalue weighted by atomic mass is 10.1. The van der Waals surface area contributed by atoms with Gasteiger partial charge in [0.05, 0.1) is 16.9 Å². The number of carbonyl (C=O) groups excluding carboxylic acids is 2. The zero-order valence-corrected chi connectivity index (χ0v) is 15.8. The number of esters is 1. The van der Waals surface area contributed by atoms with Crippen LogP contribution in [-0.2, 0) is 9.53 Å². The highest BCUT2D eigenvalue weighted by atomic mass is 79.9. The summed E-state index contributed by atoms with van der Waals surface area (Å²) < 4.78 is 10.7. The number of carbonyl (C=O) groups is 2. The zero-order valence-electron chi connectivity index (χ0n) is 14.2. The van der Waals surface area contributed by atoms with E-state index in [1.807, 2.05) is 0 Å². The number of hydrogen-bond acceptors (Lipinski definition) is 6. The lowest BCUT2D eigenvalue weighted by Gasteiger charge is -2.18. The minimum atomic E-state index is -1.25. The molecule has 0 unspecified atom stereocenters. The Morgan fingerprint density at radius 3 is 2.46 bits per heavy atom. The van der Waals surface area contributed by atoms with Gasteiger partial charge in [-0.1, -0.05) is 30.3 Å². The molecule has 1 aromatic heterocycles. The fourth-order valence-corrected chi connectivity index (χ4v) is 2.84. The first kappa shape index (κ1) is 19.3. The van der Waals surface area contributed by atoms with Crippen LogP contribution in [-0.4, -0.2) is 16.8 Å². The number of non-ortho nitro benzene ring substituents is 1. The monoisotopic (exact) mass is 444 g/mol. The third-order valence-corrected chi connectivity index (χ3v) is 4.37. The van der Waals surface area contributed by atoms with Crippen LogP contribution in [0.4, 0.5) is 11.4 Å². The molecule has 9 heteroatoms. The number of hydrogen-bond donors (Lipinski definition) is 1. The number of rotatable bonds is 6. The summed E-state index contributed by atoms with van der Waals surface area (Å²) >= 11 is 3.19. The van der Waals surface area contributed by atoms with Crippen LogP contribution in [0.2, 0.25) is 0 Å². The Kier molecular flexibility index (Phi) is 5.85. The van der Waals surface area contributed by atoms with Crippen molar-refractivity contribution in [1.29, 1.82) is 0 Å². The molecule has 1 N–H and O–H groups in total. The fourth-order valence-electron chi connectivity index (χ4n) is 2.38. The molecular weight excluding hydrogens is 432 g/mol. The Bertz CT molecular complexity index is 1000. The molecule has 0 fully saturated rings. The SMILES string of the molecule is O=C(O[C@@H](C(=O)Nc1ccc([N+](=O)[O-])cc1Br)c1ccccc1)c1ccco1. The maximum Gasteiger partial charge on any atom is 0.375 e. The standard InChI is InChI=1S/C19H13BrN2O6/c20-14-11-13(22(25)26)8-9-15(14)21-18(23)17(12-5-2-1-3-6-12)28-19(24)16-7-4-10-27-16/h1-11,17H,(H,21,23)/t17-/m1/s1. The summed E-state index contributed by atoms with van der Waals surface area (Å²) in [6.07, 6.45) is 0.0724. The van der Waals surface area contributed by atoms with E-state index in [-0.39, 0.29) is 11.4 Å². The van der Waals surface area contributed by atoms with Crippen molar-refractivity contribution in [3.8, 4) is 0 Å². The van der Waals surface area contributed by atoms with Crippen molar-refractivity contribution in [2.45, 2.75) is 6.10 Å². The van der Waals surface area contributed by atoms with Crippen molar-refractivity contribution in [2.24, 2.45) is 0 Å². The minimum Gasteiger partial charge on any atom is -0.457 e. The predicted molar refractivity (Wildman–Crippen MR) is 103 cm³/mol. The van der Waals surface area contributed by atoms with Crippen LogP contribution in [0.1, 0.15) is 22.2 Å². The molecule has 1 heterocycles. The van der Waals surface area contributed by atoms with Crippen molar-refractivity contribution in [1.82, 2.24) is 0 Å². The number of ether oxygens (including phenoxy) is 1. The molecule has 0 aliphatic rings. The first-order valence-corrected chi connectivity index (χ1v) is 8.79. The third kappa shape index (κ3) is 4.44. The van der Waals surface area contributed by atoms with Crippen LogP contribution in [0.5, 0.6) is 0 Å². The number of nitro benzene ring substituents is 1. The van der Waals surface area contributed by atoms with Crippen LogP contribution in [0, 0.1) is 10.1 Å². The van der Waals surface area contributed by atoms with E-state index in [0.717, 1.165) is 0 Å². The fraction of sp³-hybridized carbons (Fsp3) is 0.0526. The number of anilines is 1. The van der Waals surface area contributed by atoms with Gasteiger partial charge >= 0.3 is 5.97 Å². The molecule has 0 aliphatic carbocycles. The van der Waals surface area contributed by atoms with E-state index in [2.05, 4.69) is 21.2 Å². The normalized spacial score (nSPS) is 11.5. The molecule has 0 bridgehead atoms. The maximum absolute atomic E-state index is 12.8. The quantitative estimate of drug-likeness (QED) is 0.340. The predicted octanol–water partition coefficient (Wildman–Crippen LogP) is 4.49. The molecule has 0 aliphatic heterocycles. The van der Waals surface area contributed by atoms with Gasteiger partial charge in [-0.2, -0.15) is 0 Å². The largest absolute Gasteiger partial charge is 0.457 e. The minimum absolute atomic E-state index is 0.0368. The molecule has 0 saturated heterocycles. The van der Waals surface area contributed by atoms with E-state index in [0.29, 0.717) is 15.7 Å². The van der Waals surface area contributed by atoms with E-state index < -0.39 is 22.9 Å². The Morgan fingerprint density at radius 1 is 1.11 bits per heavy atom. The Balaban J connectivity index is 1.84. The topological polar surface area (TPSA) is 112 Å². The molecule has 0 saturated carbocycles. The summed E-state index contributed by atoms with van der Waals surface area (Å²) in [6.45, 7) is 0. The molecule has 0 spiro atoms. The van der Waals surface area contributed by atoms with Crippen LogP contribution in [0.3, 0.4) is 0 Å². The first-order valence-electron chi connectivity index (χ1n) is 8.00. The highest BCUT2D eigenvalue weighted by Crippen LogP contribution is 2.29. The Labute approximate surface area is 167 Å². The highest BCUT2D eigenvalue weighted by molar-refractivity contribution is 9.10. The van der Waals surface area contributed by atoms with Crippen LogP contribution in [0.15, 0.2) is 75.8 Å². The van der Waals surface area contributed by atoms with Gasteiger partial charge in [-0.15, -0.1) is 0 Å². The van der Waals surface area contributed by atoms with Crippen LogP contribution < -0.4 is 5.32 Å². The summed E-state index contributed by atoms with van der Waals surface area (Å²) in [4.78, 5) is 35.4. The molecule has 3 rings (SSSR count). The Morgan fingerprint density at radius 2 is 1.86 bits per heavy atom. The Hall–Kier alpha value is -3.46. The summed E-state index contributed by atoms with van der Waals surface area (Å²) in [6, 6.07) is 15.3. The average molecular weight is 445 g/mol. The second-order valence-corrected chi connectivity index (χ2v) is 6.44. The molecule has 1 amide bonds. The molecular formula is C19H13BrN2O6. The average Bonchev–Trinajstić information content (AvgIpc) is 3.23. The van der Waals surface area contributed by atoms with Crippen LogP contribution in [0.25, 0.3) is 0 Å². The second-order valence-electron chi connectivity index (χ2n) is 5.58. The molecule has 8 nitrogen and oxygen atoms in total. The summed E-state index contributed by atoms with van der Waals surface area (Å²) in [5.41, 5.74) is 0.622. The maximum atomic E-state index is 12.8. The van der Waals surface area contributed by atoms with E-state index in [9.17, 15) is 19.7 Å².